The fourth-order valence-corrected chi connectivity index (χ4v) is 0.643. The average molecular weight is 154 g/mol. The number of rotatable bonds is 4. The Bertz CT molecular complexity index is 178. The van der Waals surface area contributed by atoms with E-state index in [1.54, 1.807) is 6.08 Å². The molecule has 0 unspecified atom stereocenters. The first-order valence-electron chi connectivity index (χ1n) is 3.74. The summed E-state index contributed by atoms with van der Waals surface area (Å²) in [5, 5.41) is 8.27. The number of unbranched alkanes of at least 4 members (excludes halogenated alkanes) is 1. The van der Waals surface area contributed by atoms with E-state index in [4.69, 9.17) is 5.11 Å². The van der Waals surface area contributed by atoms with E-state index in [2.05, 4.69) is 6.92 Å². The van der Waals surface area contributed by atoms with Gasteiger partial charge in [0.25, 0.3) is 0 Å². The van der Waals surface area contributed by atoms with Gasteiger partial charge < -0.3 is 5.11 Å². The number of carboxylic acids is 1. The van der Waals surface area contributed by atoms with Gasteiger partial charge in [0, 0.05) is 6.08 Å². The fourth-order valence-electron chi connectivity index (χ4n) is 0.643. The number of hydrogen-bond donors (Lipinski definition) is 1. The maximum atomic E-state index is 10.1. The van der Waals surface area contributed by atoms with Gasteiger partial charge in [0.15, 0.2) is 0 Å². The number of aliphatic carboxylic acids is 1. The van der Waals surface area contributed by atoms with Crippen LogP contribution in [0.2, 0.25) is 0 Å². The lowest BCUT2D eigenvalue weighted by Crippen LogP contribution is -1.85. The number of carbonyl (C=O) groups is 1. The van der Waals surface area contributed by atoms with Crippen LogP contribution >= 0.6 is 0 Å². The molecule has 0 aliphatic heterocycles. The van der Waals surface area contributed by atoms with Crippen LogP contribution in [0.25, 0.3) is 0 Å². The van der Waals surface area contributed by atoms with Crippen molar-refractivity contribution in [3.05, 3.63) is 23.8 Å². The van der Waals surface area contributed by atoms with Crippen molar-refractivity contribution in [2.24, 2.45) is 0 Å². The highest BCUT2D eigenvalue weighted by Crippen LogP contribution is 1.98. The van der Waals surface area contributed by atoms with Gasteiger partial charge in [-0.2, -0.15) is 0 Å². The van der Waals surface area contributed by atoms with Crippen molar-refractivity contribution >= 4 is 5.97 Å². The summed E-state index contributed by atoms with van der Waals surface area (Å²) in [4.78, 5) is 10.1. The molecule has 2 heteroatoms. The van der Waals surface area contributed by atoms with Crippen molar-refractivity contribution in [3.63, 3.8) is 0 Å². The molecule has 0 aromatic heterocycles. The predicted molar refractivity (Wildman–Crippen MR) is 45.4 cm³/mol. The Morgan fingerprint density at radius 3 is 2.55 bits per heavy atom. The summed E-state index contributed by atoms with van der Waals surface area (Å²) in [6.45, 7) is 3.99. The Balaban J connectivity index is 3.84. The Morgan fingerprint density at radius 1 is 1.45 bits per heavy atom. The molecule has 0 rings (SSSR count). The molecular formula is C9H14O2. The van der Waals surface area contributed by atoms with E-state index in [-0.39, 0.29) is 0 Å². The van der Waals surface area contributed by atoms with Gasteiger partial charge in [0.2, 0.25) is 0 Å². The highest BCUT2D eigenvalue weighted by molar-refractivity contribution is 5.80. The summed E-state index contributed by atoms with van der Waals surface area (Å²) in [6.07, 6.45) is 6.90. The van der Waals surface area contributed by atoms with Crippen LogP contribution in [0, 0.1) is 0 Å². The standard InChI is InChI=1S/C9H14O2/c1-3-4-5-8(2)6-7-9(10)11/h5-7H,3-4H2,1-2H3,(H,10,11)/b7-6+,8-5+. The SMILES string of the molecule is CCC/C=C(C)/C=C/C(=O)O. The second-order valence-electron chi connectivity index (χ2n) is 2.41. The molecule has 62 valence electrons. The third-order valence-corrected chi connectivity index (χ3v) is 1.24. The van der Waals surface area contributed by atoms with Gasteiger partial charge >= 0.3 is 5.97 Å². The van der Waals surface area contributed by atoms with E-state index < -0.39 is 5.97 Å². The predicted octanol–water partition coefficient (Wildman–Crippen LogP) is 2.37. The maximum Gasteiger partial charge on any atom is 0.328 e. The lowest BCUT2D eigenvalue weighted by Gasteiger charge is -1.89. The first-order valence-corrected chi connectivity index (χ1v) is 3.74. The van der Waals surface area contributed by atoms with Crippen molar-refractivity contribution < 1.29 is 9.90 Å². The van der Waals surface area contributed by atoms with Gasteiger partial charge in [-0.25, -0.2) is 4.79 Å². The first-order chi connectivity index (χ1) is 5.16. The minimum absolute atomic E-state index is 0.894. The summed E-state index contributed by atoms with van der Waals surface area (Å²) >= 11 is 0. The number of hydrogen-bond acceptors (Lipinski definition) is 1. The van der Waals surface area contributed by atoms with E-state index in [1.807, 2.05) is 13.0 Å². The maximum absolute atomic E-state index is 10.1. The average Bonchev–Trinajstić information content (AvgIpc) is 1.97. The Morgan fingerprint density at radius 2 is 2.09 bits per heavy atom. The summed E-state index contributed by atoms with van der Waals surface area (Å²) in [5.74, 6) is -0.894. The fraction of sp³-hybridized carbons (Fsp3) is 0.444. The number of allylic oxidation sites excluding steroid dienone is 3. The molecule has 2 nitrogen and oxygen atoms in total. The molecule has 0 heterocycles. The van der Waals surface area contributed by atoms with Crippen LogP contribution in [0.15, 0.2) is 23.8 Å². The molecule has 0 saturated carbocycles. The third-order valence-electron chi connectivity index (χ3n) is 1.24. The molecule has 0 fully saturated rings. The van der Waals surface area contributed by atoms with Gasteiger partial charge in [-0.15, -0.1) is 0 Å². The zero-order valence-electron chi connectivity index (χ0n) is 7.00. The van der Waals surface area contributed by atoms with Crippen molar-refractivity contribution in [1.82, 2.24) is 0 Å². The normalized spacial score (nSPS) is 12.4. The van der Waals surface area contributed by atoms with Crippen LogP contribution in [0.5, 0.6) is 0 Å². The second-order valence-corrected chi connectivity index (χ2v) is 2.41. The molecule has 1 N–H and O–H groups in total. The van der Waals surface area contributed by atoms with Crippen LogP contribution in [0.3, 0.4) is 0 Å². The lowest BCUT2D eigenvalue weighted by molar-refractivity contribution is -0.131. The molecule has 0 radical (unpaired) electrons. The molecule has 0 aliphatic rings. The van der Waals surface area contributed by atoms with Crippen LogP contribution in [-0.2, 0) is 4.79 Å². The number of carboxylic acid groups (broad SMARTS) is 1. The van der Waals surface area contributed by atoms with Gasteiger partial charge in [-0.05, 0) is 13.3 Å². The Hall–Kier alpha value is -1.05. The van der Waals surface area contributed by atoms with E-state index in [0.717, 1.165) is 24.5 Å². The molecule has 0 atom stereocenters. The van der Waals surface area contributed by atoms with Crippen LogP contribution in [0.1, 0.15) is 26.7 Å². The van der Waals surface area contributed by atoms with E-state index >= 15 is 0 Å². The van der Waals surface area contributed by atoms with E-state index in [9.17, 15) is 4.79 Å². The molecular weight excluding hydrogens is 140 g/mol. The minimum Gasteiger partial charge on any atom is -0.478 e. The molecule has 0 aromatic rings. The first kappa shape index (κ1) is 9.95. The molecule has 0 aromatic carbocycles. The monoisotopic (exact) mass is 154 g/mol. The molecule has 0 aliphatic carbocycles. The third kappa shape index (κ3) is 6.84. The molecule has 0 amide bonds. The van der Waals surface area contributed by atoms with Crippen molar-refractivity contribution in [3.8, 4) is 0 Å². The van der Waals surface area contributed by atoms with Crippen molar-refractivity contribution in [2.45, 2.75) is 26.7 Å². The molecule has 0 saturated heterocycles. The van der Waals surface area contributed by atoms with Gasteiger partial charge in [-0.3, -0.25) is 0 Å². The van der Waals surface area contributed by atoms with Gasteiger partial charge in [0.1, 0.15) is 0 Å². The van der Waals surface area contributed by atoms with E-state index in [1.165, 1.54) is 0 Å². The van der Waals surface area contributed by atoms with Crippen LogP contribution < -0.4 is 0 Å². The van der Waals surface area contributed by atoms with Crippen molar-refractivity contribution in [2.75, 3.05) is 0 Å². The molecule has 11 heavy (non-hydrogen) atoms. The smallest absolute Gasteiger partial charge is 0.328 e. The highest BCUT2D eigenvalue weighted by atomic mass is 16.4. The van der Waals surface area contributed by atoms with Gasteiger partial charge in [0.05, 0.1) is 0 Å². The quantitative estimate of drug-likeness (QED) is 0.498. The Kier molecular flexibility index (Phi) is 5.17. The van der Waals surface area contributed by atoms with E-state index in [0.29, 0.717) is 0 Å². The highest BCUT2D eigenvalue weighted by Gasteiger charge is 1.85. The van der Waals surface area contributed by atoms with Crippen molar-refractivity contribution in [1.29, 1.82) is 0 Å². The summed E-state index contributed by atoms with van der Waals surface area (Å²) in [6, 6.07) is 0. The molecule has 0 spiro atoms. The van der Waals surface area contributed by atoms with Crippen LogP contribution in [-0.4, -0.2) is 11.1 Å². The summed E-state index contributed by atoms with van der Waals surface area (Å²) in [5.41, 5.74) is 1.01. The second kappa shape index (κ2) is 5.71. The topological polar surface area (TPSA) is 37.3 Å². The summed E-state index contributed by atoms with van der Waals surface area (Å²) < 4.78 is 0. The lowest BCUT2D eigenvalue weighted by atomic mass is 10.2. The Labute approximate surface area is 67.2 Å². The minimum atomic E-state index is -0.894. The zero-order valence-corrected chi connectivity index (χ0v) is 7.00. The zero-order chi connectivity index (χ0) is 8.69. The molecule has 0 bridgehead atoms. The summed E-state index contributed by atoms with van der Waals surface area (Å²) in [7, 11) is 0. The van der Waals surface area contributed by atoms with Crippen LogP contribution in [0.4, 0.5) is 0 Å². The largest absolute Gasteiger partial charge is 0.478 e. The van der Waals surface area contributed by atoms with Gasteiger partial charge in [-0.1, -0.05) is 31.1 Å².